The van der Waals surface area contributed by atoms with Crippen molar-refractivity contribution in [1.29, 1.82) is 0 Å². The first-order valence-corrected chi connectivity index (χ1v) is 12.4. The molecule has 1 saturated carbocycles. The van der Waals surface area contributed by atoms with Gasteiger partial charge in [0.25, 0.3) is 5.91 Å². The van der Waals surface area contributed by atoms with Crippen molar-refractivity contribution in [2.75, 3.05) is 18.9 Å². The van der Waals surface area contributed by atoms with Crippen molar-refractivity contribution in [3.8, 4) is 0 Å². The molecule has 4 rings (SSSR count). The van der Waals surface area contributed by atoms with Crippen molar-refractivity contribution in [2.24, 2.45) is 0 Å². The fraction of sp³-hybridized carbons (Fsp3) is 0.280. The lowest BCUT2D eigenvalue weighted by atomic mass is 10.1. The third-order valence-corrected chi connectivity index (χ3v) is 7.73. The number of benzene rings is 3. The summed E-state index contributed by atoms with van der Waals surface area (Å²) in [6, 6.07) is 19.2. The molecule has 2 N–H and O–H groups in total. The molecule has 0 spiro atoms. The van der Waals surface area contributed by atoms with Crippen molar-refractivity contribution in [1.82, 2.24) is 9.62 Å². The molecule has 0 aliphatic heterocycles. The van der Waals surface area contributed by atoms with Gasteiger partial charge in [-0.1, -0.05) is 55.3 Å². The van der Waals surface area contributed by atoms with Crippen LogP contribution in [0.3, 0.4) is 0 Å². The lowest BCUT2D eigenvalue weighted by Crippen LogP contribution is -2.36. The molecule has 0 unspecified atom stereocenters. The Kier molecular flexibility index (Phi) is 6.76. The number of nitrogens with zero attached hydrogens (tertiary/aromatic N) is 1. The molecule has 1 aliphatic carbocycles. The highest BCUT2D eigenvalue weighted by atomic mass is 32.2. The summed E-state index contributed by atoms with van der Waals surface area (Å²) in [5, 5.41) is 7.45. The Balaban J connectivity index is 1.45. The van der Waals surface area contributed by atoms with Gasteiger partial charge in [0, 0.05) is 13.1 Å². The summed E-state index contributed by atoms with van der Waals surface area (Å²) in [5.41, 5.74) is 0.715. The Morgan fingerprint density at radius 3 is 2.36 bits per heavy atom. The molecule has 3 aromatic carbocycles. The molecule has 33 heavy (non-hydrogen) atoms. The number of rotatable bonds is 7. The van der Waals surface area contributed by atoms with E-state index < -0.39 is 15.9 Å². The van der Waals surface area contributed by atoms with Crippen molar-refractivity contribution >= 4 is 38.3 Å². The summed E-state index contributed by atoms with van der Waals surface area (Å²) in [6.45, 7) is -0.381. The molecule has 8 heteroatoms. The van der Waals surface area contributed by atoms with E-state index in [1.165, 1.54) is 13.1 Å². The topological polar surface area (TPSA) is 95.6 Å². The van der Waals surface area contributed by atoms with Crippen LogP contribution >= 0.6 is 0 Å². The second-order valence-corrected chi connectivity index (χ2v) is 10.4. The Labute approximate surface area is 193 Å². The monoisotopic (exact) mass is 465 g/mol. The molecule has 2 amide bonds. The molecule has 0 aromatic heterocycles. The zero-order valence-corrected chi connectivity index (χ0v) is 19.3. The number of anilines is 1. The number of hydrogen-bond donors (Lipinski definition) is 2. The quantitative estimate of drug-likeness (QED) is 0.555. The molecule has 1 fully saturated rings. The molecule has 0 heterocycles. The van der Waals surface area contributed by atoms with E-state index in [1.807, 2.05) is 24.3 Å². The van der Waals surface area contributed by atoms with Crippen molar-refractivity contribution in [3.63, 3.8) is 0 Å². The maximum absolute atomic E-state index is 13.0. The summed E-state index contributed by atoms with van der Waals surface area (Å²) in [5.74, 6) is -0.766. The first kappa shape index (κ1) is 22.9. The van der Waals surface area contributed by atoms with E-state index in [1.54, 1.807) is 36.4 Å². The minimum atomic E-state index is -3.87. The summed E-state index contributed by atoms with van der Waals surface area (Å²) in [7, 11) is -2.50. The fourth-order valence-electron chi connectivity index (χ4n) is 4.11. The number of carbonyl (C=O) groups is 2. The summed E-state index contributed by atoms with van der Waals surface area (Å²) in [6.07, 6.45) is 4.11. The van der Waals surface area contributed by atoms with Gasteiger partial charge in [0.05, 0.1) is 22.7 Å². The Bertz CT molecular complexity index is 1280. The van der Waals surface area contributed by atoms with E-state index in [9.17, 15) is 18.0 Å². The lowest BCUT2D eigenvalue weighted by Gasteiger charge is -2.18. The van der Waals surface area contributed by atoms with E-state index in [0.29, 0.717) is 11.3 Å². The normalized spacial score (nSPS) is 14.5. The average Bonchev–Trinajstić information content (AvgIpc) is 3.32. The standard InChI is InChI=1S/C25H27N3O4S/c1-28(33(31,32)21-15-14-18-8-2-3-9-19(18)16-21)17-24(29)27-23-13-7-6-12-22(23)25(30)26-20-10-4-5-11-20/h2-3,6-9,12-16,20H,4-5,10-11,17H2,1H3,(H,26,30)(H,27,29). The van der Waals surface area contributed by atoms with Gasteiger partial charge in [-0.15, -0.1) is 0 Å². The summed E-state index contributed by atoms with van der Waals surface area (Å²) < 4.78 is 27.0. The van der Waals surface area contributed by atoms with E-state index in [0.717, 1.165) is 40.8 Å². The van der Waals surface area contributed by atoms with Crippen LogP contribution < -0.4 is 10.6 Å². The smallest absolute Gasteiger partial charge is 0.253 e. The maximum Gasteiger partial charge on any atom is 0.253 e. The summed E-state index contributed by atoms with van der Waals surface area (Å²) >= 11 is 0. The second-order valence-electron chi connectivity index (χ2n) is 8.32. The van der Waals surface area contributed by atoms with Crippen LogP contribution in [0.2, 0.25) is 0 Å². The van der Waals surface area contributed by atoms with Crippen LogP contribution in [0.5, 0.6) is 0 Å². The van der Waals surface area contributed by atoms with E-state index in [4.69, 9.17) is 0 Å². The van der Waals surface area contributed by atoms with Gasteiger partial charge in [-0.05, 0) is 47.9 Å². The maximum atomic E-state index is 13.0. The van der Waals surface area contributed by atoms with Crippen molar-refractivity contribution in [3.05, 3.63) is 72.3 Å². The number of amides is 2. The van der Waals surface area contributed by atoms with E-state index >= 15 is 0 Å². The lowest BCUT2D eigenvalue weighted by molar-refractivity contribution is -0.116. The first-order valence-electron chi connectivity index (χ1n) is 11.0. The van der Waals surface area contributed by atoms with Gasteiger partial charge < -0.3 is 10.6 Å². The van der Waals surface area contributed by atoms with Gasteiger partial charge in [0.2, 0.25) is 15.9 Å². The number of carbonyl (C=O) groups excluding carboxylic acids is 2. The molecule has 0 saturated heterocycles. The largest absolute Gasteiger partial charge is 0.349 e. The van der Waals surface area contributed by atoms with Crippen LogP contribution in [0, 0.1) is 0 Å². The predicted octanol–water partition coefficient (Wildman–Crippen LogP) is 3.77. The predicted molar refractivity (Wildman–Crippen MR) is 129 cm³/mol. The number of hydrogen-bond acceptors (Lipinski definition) is 4. The van der Waals surface area contributed by atoms with Crippen molar-refractivity contribution < 1.29 is 18.0 Å². The van der Waals surface area contributed by atoms with Gasteiger partial charge in [-0.2, -0.15) is 4.31 Å². The highest BCUT2D eigenvalue weighted by Crippen LogP contribution is 2.22. The van der Waals surface area contributed by atoms with Gasteiger partial charge in [0.1, 0.15) is 0 Å². The zero-order chi connectivity index (χ0) is 23.4. The molecule has 0 radical (unpaired) electrons. The highest BCUT2D eigenvalue weighted by Gasteiger charge is 2.24. The van der Waals surface area contributed by atoms with Crippen LogP contribution in [0.1, 0.15) is 36.0 Å². The molecular weight excluding hydrogens is 438 g/mol. The van der Waals surface area contributed by atoms with Gasteiger partial charge in [-0.3, -0.25) is 9.59 Å². The molecule has 3 aromatic rings. The van der Waals surface area contributed by atoms with Crippen LogP contribution in [0.4, 0.5) is 5.69 Å². The van der Waals surface area contributed by atoms with Crippen LogP contribution in [0.25, 0.3) is 10.8 Å². The van der Waals surface area contributed by atoms with Gasteiger partial charge >= 0.3 is 0 Å². The Morgan fingerprint density at radius 1 is 0.939 bits per heavy atom. The van der Waals surface area contributed by atoms with Crippen LogP contribution in [-0.4, -0.2) is 44.2 Å². The first-order chi connectivity index (χ1) is 15.8. The number of para-hydroxylation sites is 1. The van der Waals surface area contributed by atoms with Crippen molar-refractivity contribution in [2.45, 2.75) is 36.6 Å². The minimum absolute atomic E-state index is 0.118. The van der Waals surface area contributed by atoms with E-state index in [-0.39, 0.29) is 23.4 Å². The summed E-state index contributed by atoms with van der Waals surface area (Å²) in [4.78, 5) is 25.5. The number of sulfonamides is 1. The third-order valence-electron chi connectivity index (χ3n) is 5.93. The number of nitrogens with one attached hydrogen (secondary N) is 2. The average molecular weight is 466 g/mol. The Hall–Kier alpha value is -3.23. The number of likely N-dealkylation sites (N-methyl/N-ethyl adjacent to an activating group) is 1. The SMILES string of the molecule is CN(CC(=O)Nc1ccccc1C(=O)NC1CCCC1)S(=O)(=O)c1ccc2ccccc2c1. The molecular formula is C25H27N3O4S. The van der Waals surface area contributed by atoms with Gasteiger partial charge in [-0.25, -0.2) is 8.42 Å². The second kappa shape index (κ2) is 9.72. The molecule has 0 bridgehead atoms. The molecule has 172 valence electrons. The molecule has 0 atom stereocenters. The highest BCUT2D eigenvalue weighted by molar-refractivity contribution is 7.89. The fourth-order valence-corrected chi connectivity index (χ4v) is 5.27. The number of fused-ring (bicyclic) bond motifs is 1. The van der Waals surface area contributed by atoms with Gasteiger partial charge in [0.15, 0.2) is 0 Å². The zero-order valence-electron chi connectivity index (χ0n) is 18.5. The minimum Gasteiger partial charge on any atom is -0.349 e. The van der Waals surface area contributed by atoms with Crippen LogP contribution in [0.15, 0.2) is 71.6 Å². The molecule has 1 aliphatic rings. The third kappa shape index (κ3) is 5.23. The van der Waals surface area contributed by atoms with E-state index in [2.05, 4.69) is 10.6 Å². The Morgan fingerprint density at radius 2 is 1.61 bits per heavy atom. The molecule has 7 nitrogen and oxygen atoms in total. The van der Waals surface area contributed by atoms with Crippen LogP contribution in [-0.2, 0) is 14.8 Å².